The molecule has 2 heterocycles. The third-order valence-corrected chi connectivity index (χ3v) is 6.20. The van der Waals surface area contributed by atoms with Crippen molar-refractivity contribution in [2.75, 3.05) is 11.9 Å². The van der Waals surface area contributed by atoms with E-state index in [1.165, 1.54) is 10.5 Å². The van der Waals surface area contributed by atoms with Crippen molar-refractivity contribution < 1.29 is 13.7 Å². The highest BCUT2D eigenvalue weighted by Crippen LogP contribution is 2.38. The van der Waals surface area contributed by atoms with Crippen LogP contribution in [0.1, 0.15) is 21.5 Å². The molecule has 1 aliphatic rings. The second kappa shape index (κ2) is 8.04. The van der Waals surface area contributed by atoms with Crippen molar-refractivity contribution in [1.29, 1.82) is 0 Å². The molecule has 32 heavy (non-hydrogen) atoms. The highest BCUT2D eigenvalue weighted by Gasteiger charge is 2.25. The van der Waals surface area contributed by atoms with Gasteiger partial charge in [0.15, 0.2) is 16.7 Å². The van der Waals surface area contributed by atoms with Gasteiger partial charge >= 0.3 is 0 Å². The molecule has 8 heteroatoms. The van der Waals surface area contributed by atoms with Crippen molar-refractivity contribution in [3.05, 3.63) is 87.4 Å². The SMILES string of the molecule is CN(C(=O)c1cc(F)c(Cl)nc1Cl)c1ccc(-c2onc3c2CCc2ccccc2-3)cc1. The standard InChI is InChI=1S/C24H16Cl2FN3O2/c1-30(24(31)18-12-19(27)23(26)28-22(18)25)15-9-6-14(7-10-15)21-17-11-8-13-4-2-3-5-16(13)20(17)29-32-21/h2-7,9-10,12H,8,11H2,1H3. The Bertz CT molecular complexity index is 1350. The molecule has 2 aromatic carbocycles. The summed E-state index contributed by atoms with van der Waals surface area (Å²) in [5, 5.41) is 3.79. The third-order valence-electron chi connectivity index (χ3n) is 5.64. The highest BCUT2D eigenvalue weighted by molar-refractivity contribution is 6.35. The van der Waals surface area contributed by atoms with Crippen LogP contribution in [0.4, 0.5) is 10.1 Å². The molecule has 5 nitrogen and oxygen atoms in total. The van der Waals surface area contributed by atoms with Crippen LogP contribution in [-0.4, -0.2) is 23.1 Å². The third kappa shape index (κ3) is 3.45. The number of carbonyl (C=O) groups excluding carboxylic acids is 1. The molecule has 160 valence electrons. The van der Waals surface area contributed by atoms with Crippen LogP contribution in [0.3, 0.4) is 0 Å². The van der Waals surface area contributed by atoms with E-state index in [1.807, 2.05) is 24.3 Å². The first kappa shape index (κ1) is 20.7. The average molecular weight is 468 g/mol. The number of fused-ring (bicyclic) bond motifs is 3. The van der Waals surface area contributed by atoms with Crippen LogP contribution >= 0.6 is 23.2 Å². The Morgan fingerprint density at radius 1 is 1.06 bits per heavy atom. The van der Waals surface area contributed by atoms with Crippen LogP contribution in [-0.2, 0) is 12.8 Å². The number of halogens is 3. The number of hydrogen-bond donors (Lipinski definition) is 0. The lowest BCUT2D eigenvalue weighted by atomic mass is 9.88. The minimum absolute atomic E-state index is 0.0666. The van der Waals surface area contributed by atoms with Gasteiger partial charge in [0.05, 0.1) is 5.56 Å². The maximum Gasteiger partial charge on any atom is 0.261 e. The number of carbonyl (C=O) groups is 1. The molecule has 1 amide bonds. The van der Waals surface area contributed by atoms with E-state index in [1.54, 1.807) is 19.2 Å². The van der Waals surface area contributed by atoms with Gasteiger partial charge in [-0.2, -0.15) is 0 Å². The lowest BCUT2D eigenvalue weighted by Gasteiger charge is -2.18. The number of amides is 1. The topological polar surface area (TPSA) is 59.2 Å². The van der Waals surface area contributed by atoms with E-state index < -0.39 is 11.7 Å². The van der Waals surface area contributed by atoms with E-state index in [4.69, 9.17) is 27.7 Å². The largest absolute Gasteiger partial charge is 0.355 e. The Hall–Kier alpha value is -3.22. The second-order valence-corrected chi connectivity index (χ2v) is 8.22. The van der Waals surface area contributed by atoms with Crippen molar-refractivity contribution in [3.63, 3.8) is 0 Å². The molecule has 0 aliphatic heterocycles. The monoisotopic (exact) mass is 467 g/mol. The van der Waals surface area contributed by atoms with Crippen molar-refractivity contribution in [1.82, 2.24) is 10.1 Å². The first-order valence-electron chi connectivity index (χ1n) is 9.91. The van der Waals surface area contributed by atoms with Gasteiger partial charge in [0.1, 0.15) is 10.8 Å². The highest BCUT2D eigenvalue weighted by atomic mass is 35.5. The van der Waals surface area contributed by atoms with Gasteiger partial charge < -0.3 is 9.42 Å². The van der Waals surface area contributed by atoms with Crippen LogP contribution in [0, 0.1) is 5.82 Å². The summed E-state index contributed by atoms with van der Waals surface area (Å²) < 4.78 is 19.5. The van der Waals surface area contributed by atoms with Gasteiger partial charge in [-0.25, -0.2) is 9.37 Å². The van der Waals surface area contributed by atoms with E-state index in [0.717, 1.165) is 47.1 Å². The minimum Gasteiger partial charge on any atom is -0.355 e. The molecule has 0 unspecified atom stereocenters. The summed E-state index contributed by atoms with van der Waals surface area (Å²) in [5.41, 5.74) is 5.72. The average Bonchev–Trinajstić information content (AvgIpc) is 3.25. The molecular formula is C24H16Cl2FN3O2. The molecule has 0 spiro atoms. The van der Waals surface area contributed by atoms with Gasteiger partial charge in [0, 0.05) is 29.4 Å². The number of hydrogen-bond acceptors (Lipinski definition) is 4. The summed E-state index contributed by atoms with van der Waals surface area (Å²) >= 11 is 11.6. The van der Waals surface area contributed by atoms with E-state index in [0.29, 0.717) is 5.69 Å². The van der Waals surface area contributed by atoms with Crippen LogP contribution in [0.2, 0.25) is 10.3 Å². The predicted molar refractivity (Wildman–Crippen MR) is 122 cm³/mol. The first-order valence-corrected chi connectivity index (χ1v) is 10.7. The van der Waals surface area contributed by atoms with Gasteiger partial charge in [-0.1, -0.05) is 52.6 Å². The molecule has 0 atom stereocenters. The second-order valence-electron chi connectivity index (χ2n) is 7.51. The molecule has 2 aromatic heterocycles. The van der Waals surface area contributed by atoms with Crippen LogP contribution in [0.15, 0.2) is 59.1 Å². The van der Waals surface area contributed by atoms with Crippen LogP contribution < -0.4 is 4.90 Å². The molecular weight excluding hydrogens is 452 g/mol. The number of aromatic nitrogens is 2. The Morgan fingerprint density at radius 3 is 2.59 bits per heavy atom. The summed E-state index contributed by atoms with van der Waals surface area (Å²) in [7, 11) is 1.58. The Morgan fingerprint density at radius 2 is 1.81 bits per heavy atom. The Balaban J connectivity index is 1.43. The fourth-order valence-electron chi connectivity index (χ4n) is 3.94. The van der Waals surface area contributed by atoms with Crippen molar-refractivity contribution >= 4 is 34.8 Å². The molecule has 0 saturated heterocycles. The normalized spacial score (nSPS) is 12.2. The molecule has 5 rings (SSSR count). The number of aryl methyl sites for hydroxylation is 1. The van der Waals surface area contributed by atoms with Crippen molar-refractivity contribution in [2.24, 2.45) is 0 Å². The summed E-state index contributed by atoms with van der Waals surface area (Å²) in [6.45, 7) is 0. The summed E-state index contributed by atoms with van der Waals surface area (Å²) in [6.07, 6.45) is 1.78. The van der Waals surface area contributed by atoms with E-state index in [9.17, 15) is 9.18 Å². The summed E-state index contributed by atoms with van der Waals surface area (Å²) in [6, 6.07) is 16.5. The first-order chi connectivity index (χ1) is 15.4. The summed E-state index contributed by atoms with van der Waals surface area (Å²) in [5.74, 6) is -0.582. The molecule has 0 radical (unpaired) electrons. The van der Waals surface area contributed by atoms with Gasteiger partial charge in [-0.05, 0) is 48.7 Å². The van der Waals surface area contributed by atoms with Gasteiger partial charge in [-0.3, -0.25) is 4.79 Å². The van der Waals surface area contributed by atoms with Gasteiger partial charge in [-0.15, -0.1) is 0 Å². The molecule has 0 bridgehead atoms. The smallest absolute Gasteiger partial charge is 0.261 e. The van der Waals surface area contributed by atoms with Gasteiger partial charge in [0.2, 0.25) is 0 Å². The Kier molecular flexibility index (Phi) is 5.19. The van der Waals surface area contributed by atoms with E-state index in [-0.39, 0.29) is 15.9 Å². The number of anilines is 1. The van der Waals surface area contributed by atoms with Crippen LogP contribution in [0.5, 0.6) is 0 Å². The predicted octanol–water partition coefficient (Wildman–Crippen LogP) is 6.22. The maximum absolute atomic E-state index is 13.8. The fourth-order valence-corrected chi connectivity index (χ4v) is 4.34. The zero-order valence-corrected chi connectivity index (χ0v) is 18.4. The zero-order chi connectivity index (χ0) is 22.4. The minimum atomic E-state index is -0.806. The lowest BCUT2D eigenvalue weighted by molar-refractivity contribution is 0.0992. The van der Waals surface area contributed by atoms with Crippen molar-refractivity contribution in [2.45, 2.75) is 12.8 Å². The number of pyridine rings is 1. The van der Waals surface area contributed by atoms with Gasteiger partial charge in [0.25, 0.3) is 5.91 Å². The molecule has 4 aromatic rings. The van der Waals surface area contributed by atoms with Crippen LogP contribution in [0.25, 0.3) is 22.6 Å². The maximum atomic E-state index is 13.8. The molecule has 0 saturated carbocycles. The zero-order valence-electron chi connectivity index (χ0n) is 16.9. The van der Waals surface area contributed by atoms with Crippen molar-refractivity contribution in [3.8, 4) is 22.6 Å². The molecule has 0 N–H and O–H groups in total. The number of benzene rings is 2. The fraction of sp³-hybridized carbons (Fsp3) is 0.125. The molecule has 1 aliphatic carbocycles. The van der Waals surface area contributed by atoms with E-state index >= 15 is 0 Å². The Labute approximate surface area is 193 Å². The van der Waals surface area contributed by atoms with E-state index in [2.05, 4.69) is 22.3 Å². The lowest BCUT2D eigenvalue weighted by Crippen LogP contribution is -2.26. The number of nitrogens with zero attached hydrogens (tertiary/aromatic N) is 3. The summed E-state index contributed by atoms with van der Waals surface area (Å²) in [4.78, 5) is 17.8. The number of rotatable bonds is 3. The molecule has 0 fully saturated rings. The quantitative estimate of drug-likeness (QED) is 0.335.